The number of halogens is 2. The van der Waals surface area contributed by atoms with Gasteiger partial charge in [0.15, 0.2) is 0 Å². The summed E-state index contributed by atoms with van der Waals surface area (Å²) in [6.45, 7) is 5.95. The molecule has 0 aliphatic carbocycles. The molecule has 34 heavy (non-hydrogen) atoms. The Bertz CT molecular complexity index is 1120. The highest BCUT2D eigenvalue weighted by atomic mass is 35.5. The van der Waals surface area contributed by atoms with Crippen molar-refractivity contribution in [1.29, 1.82) is 0 Å². The van der Waals surface area contributed by atoms with Crippen LogP contribution >= 0.6 is 24.8 Å². The van der Waals surface area contributed by atoms with E-state index >= 15 is 0 Å². The Morgan fingerprint density at radius 3 is 1.88 bits per heavy atom. The molecule has 7 heteroatoms. The highest BCUT2D eigenvalue weighted by molar-refractivity contribution is 6.25. The fourth-order valence-electron chi connectivity index (χ4n) is 4.62. The molecule has 0 radical (unpaired) electrons. The van der Waals surface area contributed by atoms with Crippen molar-refractivity contribution in [3.05, 3.63) is 89.5 Å². The minimum atomic E-state index is -0.177. The number of rotatable bonds is 6. The normalized spacial score (nSPS) is 16.5. The fraction of sp³-hybridized carbons (Fsp3) is 0.259. The van der Waals surface area contributed by atoms with Gasteiger partial charge in [-0.3, -0.25) is 24.3 Å². The average Bonchev–Trinajstić information content (AvgIpc) is 2.84. The predicted octanol–water partition coefficient (Wildman–Crippen LogP) is 4.61. The fourth-order valence-corrected chi connectivity index (χ4v) is 4.62. The van der Waals surface area contributed by atoms with E-state index in [9.17, 15) is 9.59 Å². The largest absolute Gasteiger partial charge is 0.299 e. The second kappa shape index (κ2) is 11.6. The van der Waals surface area contributed by atoms with Crippen molar-refractivity contribution in [1.82, 2.24) is 14.7 Å². The molecule has 178 valence electrons. The molecule has 0 N–H and O–H groups in total. The minimum absolute atomic E-state index is 0. The van der Waals surface area contributed by atoms with Crippen LogP contribution in [0.3, 0.4) is 0 Å². The summed E-state index contributed by atoms with van der Waals surface area (Å²) in [5.74, 6) is -0.354. The lowest BCUT2D eigenvalue weighted by molar-refractivity contribution is 0.0575. The van der Waals surface area contributed by atoms with Crippen LogP contribution in [0.1, 0.15) is 26.3 Å². The topological polar surface area (TPSA) is 43.9 Å². The average molecular weight is 498 g/mol. The number of imide groups is 1. The van der Waals surface area contributed by atoms with Crippen molar-refractivity contribution in [2.24, 2.45) is 0 Å². The Hall–Kier alpha value is -2.70. The number of carbonyl (C=O) groups excluding carboxylic acids is 2. The summed E-state index contributed by atoms with van der Waals surface area (Å²) < 4.78 is 0. The van der Waals surface area contributed by atoms with Crippen molar-refractivity contribution in [2.45, 2.75) is 0 Å². The van der Waals surface area contributed by atoms with Gasteiger partial charge in [-0.05, 0) is 23.1 Å². The summed E-state index contributed by atoms with van der Waals surface area (Å²) in [6, 6.07) is 21.7. The van der Waals surface area contributed by atoms with E-state index in [4.69, 9.17) is 0 Å². The van der Waals surface area contributed by atoms with Gasteiger partial charge < -0.3 is 0 Å². The SMILES string of the molecule is Cl.Cl.O=C1c2cccc3cccc(c23)C(=O)N1CCN1CCN(CC=Cc2ccccc2)CC1. The molecule has 0 saturated carbocycles. The molecule has 5 nitrogen and oxygen atoms in total. The molecule has 2 heterocycles. The number of piperazine rings is 1. The maximum absolute atomic E-state index is 13.0. The first-order valence-corrected chi connectivity index (χ1v) is 11.2. The molecule has 2 aliphatic rings. The summed E-state index contributed by atoms with van der Waals surface area (Å²) in [5, 5.41) is 1.73. The molecular weight excluding hydrogens is 469 g/mol. The standard InChI is InChI=1S/C27H27N3O2.2ClH/c31-26-23-12-4-10-22-11-5-13-24(25(22)23)27(32)30(26)20-19-29-17-15-28(16-18-29)14-6-9-21-7-2-1-3-8-21;;/h1-13H,14-20H2;2*1H. The van der Waals surface area contributed by atoms with Gasteiger partial charge >= 0.3 is 0 Å². The quantitative estimate of drug-likeness (QED) is 0.466. The molecule has 0 bridgehead atoms. The van der Waals surface area contributed by atoms with Crippen LogP contribution in [0, 0.1) is 0 Å². The Labute approximate surface area is 212 Å². The van der Waals surface area contributed by atoms with Gasteiger partial charge in [0.2, 0.25) is 0 Å². The van der Waals surface area contributed by atoms with Crippen LogP contribution in [0.5, 0.6) is 0 Å². The number of carbonyl (C=O) groups is 2. The Morgan fingerprint density at radius 2 is 1.26 bits per heavy atom. The molecule has 0 atom stereocenters. The Balaban J connectivity index is 0.00000162. The van der Waals surface area contributed by atoms with Crippen LogP contribution in [-0.2, 0) is 0 Å². The lowest BCUT2D eigenvalue weighted by Crippen LogP contribution is -2.50. The highest BCUT2D eigenvalue weighted by Crippen LogP contribution is 2.29. The molecule has 2 amide bonds. The van der Waals surface area contributed by atoms with E-state index in [1.165, 1.54) is 10.5 Å². The van der Waals surface area contributed by atoms with E-state index in [0.717, 1.165) is 43.5 Å². The molecule has 0 aromatic heterocycles. The van der Waals surface area contributed by atoms with E-state index in [1.54, 1.807) is 0 Å². The summed E-state index contributed by atoms with van der Waals surface area (Å²) in [6.07, 6.45) is 4.38. The molecule has 3 aromatic rings. The summed E-state index contributed by atoms with van der Waals surface area (Å²) >= 11 is 0. The first kappa shape index (κ1) is 25.9. The molecular formula is C27H29Cl2N3O2. The van der Waals surface area contributed by atoms with Crippen molar-refractivity contribution in [2.75, 3.05) is 45.8 Å². The maximum Gasteiger partial charge on any atom is 0.261 e. The van der Waals surface area contributed by atoms with Crippen LogP contribution < -0.4 is 0 Å². The molecule has 2 aliphatic heterocycles. The Kier molecular flexibility index (Phi) is 8.86. The molecule has 0 spiro atoms. The van der Waals surface area contributed by atoms with Crippen LogP contribution in [-0.4, -0.2) is 72.3 Å². The van der Waals surface area contributed by atoms with E-state index in [2.05, 4.69) is 46.2 Å². The predicted molar refractivity (Wildman–Crippen MR) is 142 cm³/mol. The smallest absolute Gasteiger partial charge is 0.261 e. The molecule has 1 saturated heterocycles. The Morgan fingerprint density at radius 1 is 0.676 bits per heavy atom. The van der Waals surface area contributed by atoms with Crippen molar-refractivity contribution in [3.63, 3.8) is 0 Å². The van der Waals surface area contributed by atoms with Gasteiger partial charge in [-0.1, -0.05) is 66.7 Å². The first-order valence-electron chi connectivity index (χ1n) is 11.2. The zero-order chi connectivity index (χ0) is 21.9. The number of hydrogen-bond acceptors (Lipinski definition) is 4. The molecule has 5 rings (SSSR count). The summed E-state index contributed by atoms with van der Waals surface area (Å²) in [5.41, 5.74) is 2.49. The lowest BCUT2D eigenvalue weighted by Gasteiger charge is -2.35. The third-order valence-corrected chi connectivity index (χ3v) is 6.43. The van der Waals surface area contributed by atoms with E-state index < -0.39 is 0 Å². The number of hydrogen-bond donors (Lipinski definition) is 0. The first-order chi connectivity index (χ1) is 15.7. The van der Waals surface area contributed by atoms with Gasteiger partial charge in [0, 0.05) is 62.3 Å². The second-order valence-electron chi connectivity index (χ2n) is 8.43. The van der Waals surface area contributed by atoms with Crippen molar-refractivity contribution >= 4 is 53.5 Å². The zero-order valence-corrected chi connectivity index (χ0v) is 20.6. The molecule has 0 unspecified atom stereocenters. The summed E-state index contributed by atoms with van der Waals surface area (Å²) in [4.78, 5) is 32.3. The van der Waals surface area contributed by atoms with Gasteiger partial charge in [0.25, 0.3) is 11.8 Å². The van der Waals surface area contributed by atoms with Gasteiger partial charge in [-0.15, -0.1) is 24.8 Å². The van der Waals surface area contributed by atoms with Crippen molar-refractivity contribution in [3.8, 4) is 0 Å². The minimum Gasteiger partial charge on any atom is -0.299 e. The number of amides is 2. The van der Waals surface area contributed by atoms with Crippen LogP contribution in [0.15, 0.2) is 72.8 Å². The maximum atomic E-state index is 13.0. The van der Waals surface area contributed by atoms with Gasteiger partial charge in [0.1, 0.15) is 0 Å². The second-order valence-corrected chi connectivity index (χ2v) is 8.43. The van der Waals surface area contributed by atoms with E-state index in [-0.39, 0.29) is 36.6 Å². The molecule has 1 fully saturated rings. The van der Waals surface area contributed by atoms with Crippen LogP contribution in [0.4, 0.5) is 0 Å². The van der Waals surface area contributed by atoms with Crippen LogP contribution in [0.25, 0.3) is 16.8 Å². The zero-order valence-electron chi connectivity index (χ0n) is 18.9. The van der Waals surface area contributed by atoms with Crippen LogP contribution in [0.2, 0.25) is 0 Å². The highest BCUT2D eigenvalue weighted by Gasteiger charge is 2.32. The number of benzene rings is 3. The lowest BCUT2D eigenvalue weighted by atomic mass is 9.94. The monoisotopic (exact) mass is 497 g/mol. The third kappa shape index (κ3) is 5.34. The number of nitrogens with zero attached hydrogens (tertiary/aromatic N) is 3. The van der Waals surface area contributed by atoms with Gasteiger partial charge in [-0.25, -0.2) is 0 Å². The molecule has 3 aromatic carbocycles. The van der Waals surface area contributed by atoms with Gasteiger partial charge in [0.05, 0.1) is 0 Å². The van der Waals surface area contributed by atoms with Gasteiger partial charge in [-0.2, -0.15) is 0 Å². The van der Waals surface area contributed by atoms with E-state index in [0.29, 0.717) is 24.2 Å². The van der Waals surface area contributed by atoms with E-state index in [1.807, 2.05) is 42.5 Å². The van der Waals surface area contributed by atoms with Crippen molar-refractivity contribution < 1.29 is 9.59 Å². The summed E-state index contributed by atoms with van der Waals surface area (Å²) in [7, 11) is 0. The third-order valence-electron chi connectivity index (χ3n) is 6.43.